The minimum atomic E-state index is -0.273. The molecule has 1 rings (SSSR count). The number of aromatic hydroxyl groups is 1. The lowest BCUT2D eigenvalue weighted by molar-refractivity contribution is -0.121. The third-order valence-corrected chi connectivity index (χ3v) is 5.39. The van der Waals surface area contributed by atoms with Gasteiger partial charge < -0.3 is 15.3 Å². The number of para-hydroxylation sites is 1. The predicted molar refractivity (Wildman–Crippen MR) is 156 cm³/mol. The summed E-state index contributed by atoms with van der Waals surface area (Å²) in [6.45, 7) is 2.89. The lowest BCUT2D eigenvalue weighted by Crippen LogP contribution is -2.36. The Labute approximate surface area is 223 Å². The molecular formula is C32H44N2O3. The highest BCUT2D eigenvalue weighted by Crippen LogP contribution is 2.17. The molecular weight excluding hydrogens is 460 g/mol. The van der Waals surface area contributed by atoms with E-state index in [1.165, 1.54) is 11.0 Å². The van der Waals surface area contributed by atoms with Gasteiger partial charge in [-0.15, -0.1) is 0 Å². The Kier molecular flexibility index (Phi) is 18.4. The van der Waals surface area contributed by atoms with Crippen molar-refractivity contribution in [3.8, 4) is 5.75 Å². The number of nitrogens with one attached hydrogen (secondary N) is 1. The fourth-order valence-electron chi connectivity index (χ4n) is 3.27. The number of carbonyl (C=O) groups is 2. The van der Waals surface area contributed by atoms with E-state index in [-0.39, 0.29) is 23.1 Å². The molecule has 0 bridgehead atoms. The summed E-state index contributed by atoms with van der Waals surface area (Å²) in [4.78, 5) is 25.8. The molecule has 1 aromatic carbocycles. The quantitative estimate of drug-likeness (QED) is 0.210. The summed E-state index contributed by atoms with van der Waals surface area (Å²) in [6.07, 6.45) is 32.9. The van der Waals surface area contributed by atoms with Crippen molar-refractivity contribution in [2.75, 3.05) is 20.1 Å². The van der Waals surface area contributed by atoms with Crippen LogP contribution < -0.4 is 5.32 Å². The highest BCUT2D eigenvalue weighted by Gasteiger charge is 2.14. The first-order chi connectivity index (χ1) is 18.1. The Morgan fingerprint density at radius 2 is 1.27 bits per heavy atom. The average Bonchev–Trinajstić information content (AvgIpc) is 2.89. The molecule has 0 saturated carbocycles. The van der Waals surface area contributed by atoms with Gasteiger partial charge in [0.15, 0.2) is 0 Å². The topological polar surface area (TPSA) is 69.6 Å². The van der Waals surface area contributed by atoms with Gasteiger partial charge in [0, 0.05) is 26.6 Å². The van der Waals surface area contributed by atoms with Gasteiger partial charge in [0.25, 0.3) is 5.91 Å². The number of likely N-dealkylation sites (N-methyl/N-ethyl adjacent to an activating group) is 1. The SMILES string of the molecule is CCC=CCC=CCC=CCC=CCC=CCC=CCCC(=O)NCCN(C)C(=O)c1ccccc1O. The lowest BCUT2D eigenvalue weighted by atomic mass is 10.2. The molecule has 2 N–H and O–H groups in total. The third-order valence-electron chi connectivity index (χ3n) is 5.39. The van der Waals surface area contributed by atoms with Crippen molar-refractivity contribution in [2.24, 2.45) is 0 Å². The molecule has 2 amide bonds. The maximum atomic E-state index is 12.3. The van der Waals surface area contributed by atoms with Gasteiger partial charge in [0.2, 0.25) is 5.91 Å². The molecule has 0 aromatic heterocycles. The Morgan fingerprint density at radius 1 is 0.784 bits per heavy atom. The molecule has 5 heteroatoms. The minimum absolute atomic E-state index is 0.0389. The van der Waals surface area contributed by atoms with E-state index in [4.69, 9.17) is 0 Å². The second-order valence-electron chi connectivity index (χ2n) is 8.55. The van der Waals surface area contributed by atoms with E-state index in [2.05, 4.69) is 79.1 Å². The second kappa shape index (κ2) is 21.7. The van der Waals surface area contributed by atoms with Crippen LogP contribution in [0.25, 0.3) is 0 Å². The molecule has 0 aliphatic heterocycles. The fraction of sp³-hybridized carbons (Fsp3) is 0.375. The van der Waals surface area contributed by atoms with Gasteiger partial charge in [-0.1, -0.05) is 92.0 Å². The van der Waals surface area contributed by atoms with Crippen molar-refractivity contribution in [1.82, 2.24) is 10.2 Å². The second-order valence-corrected chi connectivity index (χ2v) is 8.55. The maximum Gasteiger partial charge on any atom is 0.257 e. The third kappa shape index (κ3) is 16.7. The Hall–Kier alpha value is -3.60. The number of rotatable bonds is 18. The molecule has 0 saturated heterocycles. The zero-order valence-corrected chi connectivity index (χ0v) is 22.5. The van der Waals surface area contributed by atoms with Crippen molar-refractivity contribution >= 4 is 11.8 Å². The van der Waals surface area contributed by atoms with E-state index < -0.39 is 0 Å². The van der Waals surface area contributed by atoms with Crippen LogP contribution in [0.2, 0.25) is 0 Å². The van der Waals surface area contributed by atoms with E-state index >= 15 is 0 Å². The summed E-state index contributed by atoms with van der Waals surface area (Å²) in [7, 11) is 1.65. The Bertz CT molecular complexity index is 955. The number of nitrogens with zero attached hydrogens (tertiary/aromatic N) is 1. The van der Waals surface area contributed by atoms with Gasteiger partial charge in [0.05, 0.1) is 5.56 Å². The normalized spacial score (nSPS) is 12.3. The molecule has 37 heavy (non-hydrogen) atoms. The molecule has 0 spiro atoms. The molecule has 0 aliphatic rings. The van der Waals surface area contributed by atoms with E-state index in [1.807, 2.05) is 6.08 Å². The smallest absolute Gasteiger partial charge is 0.257 e. The predicted octanol–water partition coefficient (Wildman–Crippen LogP) is 7.06. The summed E-state index contributed by atoms with van der Waals surface area (Å²) in [5.41, 5.74) is 0.258. The van der Waals surface area contributed by atoms with Gasteiger partial charge in [-0.3, -0.25) is 9.59 Å². The molecule has 0 radical (unpaired) electrons. The largest absolute Gasteiger partial charge is 0.507 e. The van der Waals surface area contributed by atoms with Crippen LogP contribution in [-0.2, 0) is 4.79 Å². The summed E-state index contributed by atoms with van der Waals surface area (Å²) < 4.78 is 0. The van der Waals surface area contributed by atoms with Gasteiger partial charge >= 0.3 is 0 Å². The first kappa shape index (κ1) is 31.4. The number of hydrogen-bond donors (Lipinski definition) is 2. The number of phenolic OH excluding ortho intramolecular Hbond substituents is 1. The summed E-state index contributed by atoms with van der Waals surface area (Å²) in [6, 6.07) is 6.44. The van der Waals surface area contributed by atoms with Crippen LogP contribution in [0.5, 0.6) is 5.75 Å². The zero-order valence-electron chi connectivity index (χ0n) is 22.5. The minimum Gasteiger partial charge on any atom is -0.507 e. The van der Waals surface area contributed by atoms with Gasteiger partial charge in [-0.2, -0.15) is 0 Å². The molecule has 5 nitrogen and oxygen atoms in total. The van der Waals surface area contributed by atoms with Crippen molar-refractivity contribution in [1.29, 1.82) is 0 Å². The van der Waals surface area contributed by atoms with Crippen LogP contribution in [0.15, 0.2) is 97.2 Å². The van der Waals surface area contributed by atoms with Gasteiger partial charge in [-0.05, 0) is 57.1 Å². The van der Waals surface area contributed by atoms with Crippen molar-refractivity contribution in [3.63, 3.8) is 0 Å². The highest BCUT2D eigenvalue weighted by atomic mass is 16.3. The number of carbonyl (C=O) groups excluding carboxylic acids is 2. The molecule has 0 unspecified atom stereocenters. The summed E-state index contributed by atoms with van der Waals surface area (Å²) >= 11 is 0. The van der Waals surface area contributed by atoms with E-state index in [0.717, 1.165) is 38.5 Å². The maximum absolute atomic E-state index is 12.3. The molecule has 0 atom stereocenters. The Morgan fingerprint density at radius 3 is 1.78 bits per heavy atom. The van der Waals surface area contributed by atoms with Crippen LogP contribution >= 0.6 is 0 Å². The van der Waals surface area contributed by atoms with E-state index in [1.54, 1.807) is 25.2 Å². The number of phenols is 1. The number of amides is 2. The summed E-state index contributed by atoms with van der Waals surface area (Å²) in [5.74, 6) is -0.354. The molecule has 200 valence electrons. The van der Waals surface area contributed by atoms with Crippen LogP contribution in [0.1, 0.15) is 68.6 Å². The molecule has 0 fully saturated rings. The standard InChI is InChI=1S/C32H44N2O3/c1-3-4-5-6-7-8-9-10-11-12-13-14-15-16-17-18-19-20-21-26-31(36)33-27-28-34(2)32(37)29-24-22-23-25-30(29)35/h4-5,7-8,10-11,13-14,16-17,19-20,22-25,35H,3,6,9,12,15,18,21,26-28H2,1-2H3,(H,33,36). The first-order valence-corrected chi connectivity index (χ1v) is 13.3. The molecule has 0 heterocycles. The first-order valence-electron chi connectivity index (χ1n) is 13.3. The van der Waals surface area contributed by atoms with Crippen LogP contribution in [-0.4, -0.2) is 42.0 Å². The number of allylic oxidation sites excluding steroid dienone is 12. The van der Waals surface area contributed by atoms with Crippen LogP contribution in [0.3, 0.4) is 0 Å². The fourth-order valence-corrected chi connectivity index (χ4v) is 3.27. The number of hydrogen-bond acceptors (Lipinski definition) is 3. The van der Waals surface area contributed by atoms with Gasteiger partial charge in [0.1, 0.15) is 5.75 Å². The molecule has 0 aliphatic carbocycles. The van der Waals surface area contributed by atoms with Gasteiger partial charge in [-0.25, -0.2) is 0 Å². The van der Waals surface area contributed by atoms with E-state index in [0.29, 0.717) is 25.9 Å². The summed E-state index contributed by atoms with van der Waals surface area (Å²) in [5, 5.41) is 12.6. The van der Waals surface area contributed by atoms with Crippen LogP contribution in [0, 0.1) is 0 Å². The highest BCUT2D eigenvalue weighted by molar-refractivity contribution is 5.96. The van der Waals surface area contributed by atoms with Crippen LogP contribution in [0.4, 0.5) is 0 Å². The molecule has 1 aromatic rings. The van der Waals surface area contributed by atoms with Crippen molar-refractivity contribution < 1.29 is 14.7 Å². The van der Waals surface area contributed by atoms with Crippen molar-refractivity contribution in [2.45, 2.75) is 58.3 Å². The lowest BCUT2D eigenvalue weighted by Gasteiger charge is -2.18. The monoisotopic (exact) mass is 504 g/mol. The van der Waals surface area contributed by atoms with Crippen molar-refractivity contribution in [3.05, 3.63) is 103 Å². The zero-order chi connectivity index (χ0) is 27.0. The van der Waals surface area contributed by atoms with E-state index in [9.17, 15) is 14.7 Å². The number of benzene rings is 1. The Balaban J connectivity index is 2.04. The average molecular weight is 505 g/mol.